The molecule has 0 fully saturated rings. The third kappa shape index (κ3) is 4.68. The summed E-state index contributed by atoms with van der Waals surface area (Å²) < 4.78 is 2.00. The van der Waals surface area contributed by atoms with Crippen molar-refractivity contribution in [1.82, 2.24) is 25.1 Å². The molecule has 6 heteroatoms. The molecule has 23 heavy (non-hydrogen) atoms. The van der Waals surface area contributed by atoms with Gasteiger partial charge in [-0.25, -0.2) is 4.98 Å². The van der Waals surface area contributed by atoms with E-state index in [1.807, 2.05) is 24.6 Å². The van der Waals surface area contributed by atoms with Crippen LogP contribution in [0.15, 0.2) is 18.7 Å². The third-order valence-corrected chi connectivity index (χ3v) is 4.28. The molecule has 0 aliphatic rings. The number of aromatic nitrogens is 4. The van der Waals surface area contributed by atoms with Crippen molar-refractivity contribution in [2.24, 2.45) is 5.41 Å². The number of carbonyl (C=O) groups is 1. The van der Waals surface area contributed by atoms with Gasteiger partial charge in [-0.1, -0.05) is 20.8 Å². The number of nitrogens with one attached hydrogen (secondary N) is 2. The van der Waals surface area contributed by atoms with Gasteiger partial charge in [-0.05, 0) is 24.8 Å². The molecule has 0 saturated carbocycles. The van der Waals surface area contributed by atoms with Crippen molar-refractivity contribution in [3.05, 3.63) is 35.7 Å². The SMILES string of the molecule is Cc1[nH]nc(CCC(=O)NC(Cn2ccnc2)C(C)(C)C)c1C. The molecule has 2 N–H and O–H groups in total. The van der Waals surface area contributed by atoms with Crippen molar-refractivity contribution in [3.8, 4) is 0 Å². The molecule has 6 nitrogen and oxygen atoms in total. The van der Waals surface area contributed by atoms with Crippen molar-refractivity contribution in [2.75, 3.05) is 0 Å². The van der Waals surface area contributed by atoms with E-state index in [-0.39, 0.29) is 17.4 Å². The van der Waals surface area contributed by atoms with Crippen LogP contribution in [0.25, 0.3) is 0 Å². The predicted octanol–water partition coefficient (Wildman–Crippen LogP) is 2.39. The van der Waals surface area contributed by atoms with E-state index in [0.29, 0.717) is 12.8 Å². The van der Waals surface area contributed by atoms with E-state index < -0.39 is 0 Å². The fourth-order valence-electron chi connectivity index (χ4n) is 2.42. The molecule has 2 heterocycles. The lowest BCUT2D eigenvalue weighted by Crippen LogP contribution is -2.46. The number of rotatable bonds is 6. The number of nitrogens with zero attached hydrogens (tertiary/aromatic N) is 3. The summed E-state index contributed by atoms with van der Waals surface area (Å²) in [4.78, 5) is 16.4. The lowest BCUT2D eigenvalue weighted by atomic mass is 9.86. The Morgan fingerprint density at radius 2 is 2.13 bits per heavy atom. The molecule has 2 aromatic heterocycles. The molecule has 1 unspecified atom stereocenters. The van der Waals surface area contributed by atoms with E-state index in [9.17, 15) is 4.79 Å². The van der Waals surface area contributed by atoms with Crippen LogP contribution < -0.4 is 5.32 Å². The van der Waals surface area contributed by atoms with Crippen LogP contribution in [0, 0.1) is 19.3 Å². The number of H-pyrrole nitrogens is 1. The number of imidazole rings is 1. The van der Waals surface area contributed by atoms with Gasteiger partial charge < -0.3 is 9.88 Å². The highest BCUT2D eigenvalue weighted by Crippen LogP contribution is 2.21. The number of carbonyl (C=O) groups excluding carboxylic acids is 1. The molecular weight excluding hydrogens is 290 g/mol. The Kier molecular flexibility index (Phi) is 5.23. The normalized spacial score (nSPS) is 13.1. The standard InChI is InChI=1S/C17H27N5O/c1-12-13(2)20-21-14(12)6-7-16(23)19-15(17(3,4)5)10-22-9-8-18-11-22/h8-9,11,15H,6-7,10H2,1-5H3,(H,19,23)(H,20,21). The van der Waals surface area contributed by atoms with Crippen molar-refractivity contribution >= 4 is 5.91 Å². The maximum atomic E-state index is 12.3. The van der Waals surface area contributed by atoms with Gasteiger partial charge in [0.25, 0.3) is 0 Å². The average Bonchev–Trinajstić information content (AvgIpc) is 3.07. The first kappa shape index (κ1) is 17.2. The number of hydrogen-bond donors (Lipinski definition) is 2. The Morgan fingerprint density at radius 3 is 2.65 bits per heavy atom. The minimum atomic E-state index is -0.0290. The van der Waals surface area contributed by atoms with Gasteiger partial charge >= 0.3 is 0 Å². The lowest BCUT2D eigenvalue weighted by molar-refractivity contribution is -0.122. The fourth-order valence-corrected chi connectivity index (χ4v) is 2.42. The van der Waals surface area contributed by atoms with E-state index >= 15 is 0 Å². The first-order chi connectivity index (χ1) is 10.8. The zero-order valence-electron chi connectivity index (χ0n) is 14.7. The predicted molar refractivity (Wildman–Crippen MR) is 90.0 cm³/mol. The second-order valence-electron chi connectivity index (χ2n) is 7.17. The quantitative estimate of drug-likeness (QED) is 0.859. The van der Waals surface area contributed by atoms with Gasteiger partial charge in [0.1, 0.15) is 0 Å². The van der Waals surface area contributed by atoms with E-state index in [1.54, 1.807) is 12.5 Å². The van der Waals surface area contributed by atoms with Gasteiger partial charge in [0.15, 0.2) is 0 Å². The van der Waals surface area contributed by atoms with Gasteiger partial charge in [0, 0.05) is 37.5 Å². The van der Waals surface area contributed by atoms with Crippen LogP contribution >= 0.6 is 0 Å². The summed E-state index contributed by atoms with van der Waals surface area (Å²) in [5.74, 6) is 0.0603. The molecule has 126 valence electrons. The molecule has 0 aliphatic heterocycles. The molecule has 0 bridgehead atoms. The molecule has 0 radical (unpaired) electrons. The summed E-state index contributed by atoms with van der Waals surface area (Å²) >= 11 is 0. The molecule has 2 rings (SSSR count). The van der Waals surface area contributed by atoms with Crippen LogP contribution in [0.5, 0.6) is 0 Å². The molecular formula is C17H27N5O. The van der Waals surface area contributed by atoms with Gasteiger partial charge in [-0.3, -0.25) is 9.89 Å². The van der Waals surface area contributed by atoms with Crippen molar-refractivity contribution in [1.29, 1.82) is 0 Å². The summed E-state index contributed by atoms with van der Waals surface area (Å²) in [6.07, 6.45) is 6.55. The summed E-state index contributed by atoms with van der Waals surface area (Å²) in [6, 6.07) is 0.0474. The summed E-state index contributed by atoms with van der Waals surface area (Å²) in [6.45, 7) is 11.1. The van der Waals surface area contributed by atoms with E-state index in [0.717, 1.165) is 23.5 Å². The molecule has 1 atom stereocenters. The number of amides is 1. The highest BCUT2D eigenvalue weighted by Gasteiger charge is 2.26. The first-order valence-corrected chi connectivity index (χ1v) is 8.03. The van der Waals surface area contributed by atoms with Crippen LogP contribution in [0.3, 0.4) is 0 Å². The highest BCUT2D eigenvalue weighted by atomic mass is 16.1. The van der Waals surface area contributed by atoms with Crippen LogP contribution in [-0.2, 0) is 17.8 Å². The summed E-state index contributed by atoms with van der Waals surface area (Å²) in [5.41, 5.74) is 3.15. The lowest BCUT2D eigenvalue weighted by Gasteiger charge is -2.31. The van der Waals surface area contributed by atoms with Crippen molar-refractivity contribution in [3.63, 3.8) is 0 Å². The van der Waals surface area contributed by atoms with Crippen molar-refractivity contribution < 1.29 is 4.79 Å². The molecule has 0 aliphatic carbocycles. The summed E-state index contributed by atoms with van der Waals surface area (Å²) in [5, 5.41) is 10.4. The molecule has 2 aromatic rings. The molecule has 1 amide bonds. The van der Waals surface area contributed by atoms with E-state index in [4.69, 9.17) is 0 Å². The Balaban J connectivity index is 1.93. The van der Waals surface area contributed by atoms with Crippen LogP contribution in [-0.4, -0.2) is 31.7 Å². The van der Waals surface area contributed by atoms with Crippen molar-refractivity contribution in [2.45, 2.75) is 60.0 Å². The number of hydrogen-bond acceptors (Lipinski definition) is 3. The Bertz CT molecular complexity index is 636. The second-order valence-corrected chi connectivity index (χ2v) is 7.17. The van der Waals surface area contributed by atoms with Gasteiger partial charge in [0.05, 0.1) is 18.1 Å². The third-order valence-electron chi connectivity index (χ3n) is 4.28. The Labute approximate surface area is 137 Å². The van der Waals surface area contributed by atoms with Crippen LogP contribution in [0.2, 0.25) is 0 Å². The Hall–Kier alpha value is -2.11. The minimum Gasteiger partial charge on any atom is -0.351 e. The average molecular weight is 317 g/mol. The zero-order chi connectivity index (χ0) is 17.0. The van der Waals surface area contributed by atoms with Gasteiger partial charge in [-0.15, -0.1) is 0 Å². The molecule has 0 spiro atoms. The maximum Gasteiger partial charge on any atom is 0.220 e. The van der Waals surface area contributed by atoms with Gasteiger partial charge in [-0.2, -0.15) is 5.10 Å². The topological polar surface area (TPSA) is 75.6 Å². The van der Waals surface area contributed by atoms with Crippen LogP contribution in [0.4, 0.5) is 0 Å². The number of aryl methyl sites for hydroxylation is 2. The maximum absolute atomic E-state index is 12.3. The second kappa shape index (κ2) is 6.98. The minimum absolute atomic E-state index is 0.0290. The summed E-state index contributed by atoms with van der Waals surface area (Å²) in [7, 11) is 0. The van der Waals surface area contributed by atoms with Crippen LogP contribution in [0.1, 0.15) is 44.1 Å². The molecule has 0 aromatic carbocycles. The van der Waals surface area contributed by atoms with E-state index in [2.05, 4.69) is 41.3 Å². The van der Waals surface area contributed by atoms with E-state index in [1.165, 1.54) is 0 Å². The van der Waals surface area contributed by atoms with Gasteiger partial charge in [0.2, 0.25) is 5.91 Å². The first-order valence-electron chi connectivity index (χ1n) is 8.03. The Morgan fingerprint density at radius 1 is 1.39 bits per heavy atom. The highest BCUT2D eigenvalue weighted by molar-refractivity contribution is 5.76. The largest absolute Gasteiger partial charge is 0.351 e. The fraction of sp³-hybridized carbons (Fsp3) is 0.588. The zero-order valence-corrected chi connectivity index (χ0v) is 14.7. The smallest absolute Gasteiger partial charge is 0.220 e. The molecule has 0 saturated heterocycles. The number of aromatic amines is 1. The monoisotopic (exact) mass is 317 g/mol.